The average molecular weight is 381 g/mol. The first-order valence-corrected chi connectivity index (χ1v) is 8.74. The molecule has 144 valence electrons. The minimum absolute atomic E-state index is 0.152. The summed E-state index contributed by atoms with van der Waals surface area (Å²) >= 11 is 0. The van der Waals surface area contributed by atoms with E-state index in [0.717, 1.165) is 5.56 Å². The van der Waals surface area contributed by atoms with Gasteiger partial charge in [0.05, 0.1) is 13.7 Å². The number of hydrogen-bond donors (Lipinski definition) is 0. The number of para-hydroxylation sites is 2. The number of hydrogen-bond acceptors (Lipinski definition) is 7. The van der Waals surface area contributed by atoms with Gasteiger partial charge in [0.15, 0.2) is 11.5 Å². The number of nitrogens with zero attached hydrogens (tertiary/aromatic N) is 3. The second-order valence-electron chi connectivity index (χ2n) is 6.30. The number of benzene rings is 2. The first-order valence-electron chi connectivity index (χ1n) is 8.74. The van der Waals surface area contributed by atoms with Crippen LogP contribution in [-0.2, 0) is 11.3 Å². The number of rotatable bonds is 5. The lowest BCUT2D eigenvalue weighted by Gasteiger charge is -2.28. The second-order valence-corrected chi connectivity index (χ2v) is 6.30. The predicted molar refractivity (Wildman–Crippen MR) is 99.1 cm³/mol. The maximum atomic E-state index is 12.7. The van der Waals surface area contributed by atoms with Gasteiger partial charge in [-0.15, -0.1) is 0 Å². The lowest BCUT2D eigenvalue weighted by atomic mass is 10.2. The summed E-state index contributed by atoms with van der Waals surface area (Å²) in [7, 11) is 3.25. The zero-order chi connectivity index (χ0) is 19.5. The van der Waals surface area contributed by atoms with E-state index >= 15 is 0 Å². The molecule has 1 amide bonds. The molecule has 28 heavy (non-hydrogen) atoms. The van der Waals surface area contributed by atoms with E-state index < -0.39 is 6.10 Å². The largest absolute Gasteiger partial charge is 0.497 e. The summed E-state index contributed by atoms with van der Waals surface area (Å²) in [4.78, 5) is 18.5. The number of carbonyl (C=O) groups excluding carboxylic acids is 1. The molecular formula is C20H19N3O5. The van der Waals surface area contributed by atoms with Crippen molar-refractivity contribution in [2.75, 3.05) is 20.8 Å². The highest BCUT2D eigenvalue weighted by Crippen LogP contribution is 2.31. The molecular weight excluding hydrogens is 362 g/mol. The van der Waals surface area contributed by atoms with Crippen LogP contribution in [0.4, 0.5) is 0 Å². The van der Waals surface area contributed by atoms with Crippen molar-refractivity contribution >= 4 is 5.91 Å². The molecule has 4 rings (SSSR count). The normalized spacial score (nSPS) is 15.1. The Morgan fingerprint density at radius 3 is 2.86 bits per heavy atom. The van der Waals surface area contributed by atoms with Crippen LogP contribution in [0.1, 0.15) is 5.89 Å². The Bertz CT molecular complexity index is 987. The molecule has 0 aliphatic carbocycles. The summed E-state index contributed by atoms with van der Waals surface area (Å²) in [6.45, 7) is 0.316. The van der Waals surface area contributed by atoms with Crippen LogP contribution in [0.15, 0.2) is 53.1 Å². The maximum Gasteiger partial charge on any atom is 0.267 e. The molecule has 0 radical (unpaired) electrons. The van der Waals surface area contributed by atoms with Gasteiger partial charge in [-0.3, -0.25) is 4.79 Å². The van der Waals surface area contributed by atoms with Gasteiger partial charge in [0.2, 0.25) is 17.8 Å². The highest BCUT2D eigenvalue weighted by Gasteiger charge is 2.30. The Kier molecular flexibility index (Phi) is 4.84. The number of fused-ring (bicyclic) bond motifs is 1. The van der Waals surface area contributed by atoms with E-state index in [2.05, 4.69) is 10.1 Å². The zero-order valence-electron chi connectivity index (χ0n) is 15.5. The van der Waals surface area contributed by atoms with Gasteiger partial charge in [-0.2, -0.15) is 4.98 Å². The van der Waals surface area contributed by atoms with Crippen molar-refractivity contribution < 1.29 is 23.5 Å². The van der Waals surface area contributed by atoms with Gasteiger partial charge in [-0.05, 0) is 24.3 Å². The van der Waals surface area contributed by atoms with Gasteiger partial charge in [-0.1, -0.05) is 29.4 Å². The number of likely N-dealkylation sites (N-methyl/N-ethyl adjacent to an activating group) is 1. The molecule has 0 spiro atoms. The fourth-order valence-corrected chi connectivity index (χ4v) is 2.87. The molecule has 0 saturated carbocycles. The van der Waals surface area contributed by atoms with E-state index in [-0.39, 0.29) is 19.1 Å². The van der Waals surface area contributed by atoms with Crippen LogP contribution in [0.2, 0.25) is 0 Å². The van der Waals surface area contributed by atoms with Crippen molar-refractivity contribution in [2.24, 2.45) is 0 Å². The highest BCUT2D eigenvalue weighted by molar-refractivity contribution is 5.81. The summed E-state index contributed by atoms with van der Waals surface area (Å²) in [6, 6.07) is 14.6. The Morgan fingerprint density at radius 1 is 1.21 bits per heavy atom. The molecule has 1 aromatic heterocycles. The topological polar surface area (TPSA) is 86.9 Å². The first-order chi connectivity index (χ1) is 13.6. The molecule has 2 heterocycles. The third-order valence-corrected chi connectivity index (χ3v) is 4.33. The molecule has 2 aromatic carbocycles. The number of methoxy groups -OCH3 is 1. The van der Waals surface area contributed by atoms with Gasteiger partial charge < -0.3 is 23.6 Å². The molecule has 8 nitrogen and oxygen atoms in total. The van der Waals surface area contributed by atoms with Crippen molar-refractivity contribution in [3.63, 3.8) is 0 Å². The molecule has 0 N–H and O–H groups in total. The van der Waals surface area contributed by atoms with Crippen LogP contribution in [-0.4, -0.2) is 47.8 Å². The molecule has 0 fully saturated rings. The Balaban J connectivity index is 1.42. The summed E-state index contributed by atoms with van der Waals surface area (Å²) in [5.74, 6) is 2.42. The van der Waals surface area contributed by atoms with E-state index in [1.54, 1.807) is 26.3 Å². The van der Waals surface area contributed by atoms with Gasteiger partial charge in [0, 0.05) is 12.6 Å². The zero-order valence-corrected chi connectivity index (χ0v) is 15.5. The standard InChI is InChI=1S/C20H19N3O5/c1-23(20(24)17-12-26-15-8-3-4-9-16(15)27-17)11-18-21-19(22-28-18)13-6-5-7-14(10-13)25-2/h3-10,17H,11-12H2,1-2H3/t17-/m1/s1. The molecule has 8 heteroatoms. The van der Waals surface area contributed by atoms with Crippen molar-refractivity contribution in [3.8, 4) is 28.6 Å². The third-order valence-electron chi connectivity index (χ3n) is 4.33. The summed E-state index contributed by atoms with van der Waals surface area (Å²) in [5.41, 5.74) is 0.768. The average Bonchev–Trinajstić information content (AvgIpc) is 3.21. The molecule has 3 aromatic rings. The van der Waals surface area contributed by atoms with Gasteiger partial charge in [0.1, 0.15) is 12.4 Å². The molecule has 0 saturated heterocycles. The van der Waals surface area contributed by atoms with Crippen LogP contribution in [0.5, 0.6) is 17.2 Å². The maximum absolute atomic E-state index is 12.7. The summed E-state index contributed by atoms with van der Waals surface area (Å²) in [5, 5.41) is 3.98. The van der Waals surface area contributed by atoms with Crippen LogP contribution in [0.3, 0.4) is 0 Å². The molecule has 1 aliphatic heterocycles. The summed E-state index contributed by atoms with van der Waals surface area (Å²) in [6.07, 6.45) is -0.722. The quantitative estimate of drug-likeness (QED) is 0.671. The van der Waals surface area contributed by atoms with Crippen molar-refractivity contribution in [1.82, 2.24) is 15.0 Å². The minimum Gasteiger partial charge on any atom is -0.497 e. The number of ether oxygens (including phenoxy) is 3. The molecule has 1 aliphatic rings. The van der Waals surface area contributed by atoms with Crippen LogP contribution in [0.25, 0.3) is 11.4 Å². The first kappa shape index (κ1) is 17.8. The Morgan fingerprint density at radius 2 is 2.04 bits per heavy atom. The van der Waals surface area contributed by atoms with E-state index in [4.69, 9.17) is 18.7 Å². The predicted octanol–water partition coefficient (Wildman–Crippen LogP) is 2.54. The molecule has 0 unspecified atom stereocenters. The SMILES string of the molecule is COc1cccc(-c2noc(CN(C)C(=O)[C@H]3COc4ccccc4O3)n2)c1. The molecule has 1 atom stereocenters. The summed E-state index contributed by atoms with van der Waals surface area (Å²) < 4.78 is 21.9. The van der Waals surface area contributed by atoms with Crippen LogP contribution in [0, 0.1) is 0 Å². The fourth-order valence-electron chi connectivity index (χ4n) is 2.87. The van der Waals surface area contributed by atoms with Crippen molar-refractivity contribution in [2.45, 2.75) is 12.6 Å². The monoisotopic (exact) mass is 381 g/mol. The van der Waals surface area contributed by atoms with Gasteiger partial charge >= 0.3 is 0 Å². The number of aromatic nitrogens is 2. The van der Waals surface area contributed by atoms with E-state index in [1.165, 1.54) is 4.90 Å². The van der Waals surface area contributed by atoms with Crippen LogP contribution >= 0.6 is 0 Å². The lowest BCUT2D eigenvalue weighted by molar-refractivity contribution is -0.140. The van der Waals surface area contributed by atoms with Crippen molar-refractivity contribution in [3.05, 3.63) is 54.4 Å². The smallest absolute Gasteiger partial charge is 0.267 e. The Labute approximate surface area is 161 Å². The van der Waals surface area contributed by atoms with E-state index in [9.17, 15) is 4.79 Å². The third kappa shape index (κ3) is 3.62. The van der Waals surface area contributed by atoms with Crippen LogP contribution < -0.4 is 14.2 Å². The minimum atomic E-state index is -0.722. The number of amides is 1. The molecule has 0 bridgehead atoms. The van der Waals surface area contributed by atoms with Gasteiger partial charge in [0.25, 0.3) is 5.91 Å². The Hall–Kier alpha value is -3.55. The number of carbonyl (C=O) groups is 1. The second kappa shape index (κ2) is 7.59. The van der Waals surface area contributed by atoms with E-state index in [1.807, 2.05) is 36.4 Å². The highest BCUT2D eigenvalue weighted by atomic mass is 16.6. The van der Waals surface area contributed by atoms with Gasteiger partial charge in [-0.25, -0.2) is 0 Å². The lowest BCUT2D eigenvalue weighted by Crippen LogP contribution is -2.44. The van der Waals surface area contributed by atoms with Crippen molar-refractivity contribution in [1.29, 1.82) is 0 Å². The fraction of sp³-hybridized carbons (Fsp3) is 0.250. The van der Waals surface area contributed by atoms with E-state index in [0.29, 0.717) is 29.0 Å².